The van der Waals surface area contributed by atoms with E-state index in [-0.39, 0.29) is 11.8 Å². The van der Waals surface area contributed by atoms with E-state index in [4.69, 9.17) is 0 Å². The van der Waals surface area contributed by atoms with Gasteiger partial charge in [0.1, 0.15) is 12.4 Å². The summed E-state index contributed by atoms with van der Waals surface area (Å²) in [7, 11) is 0. The Balaban J connectivity index is 1.58. The van der Waals surface area contributed by atoms with Crippen LogP contribution in [-0.2, 0) is 4.79 Å². The average molecular weight is 398 g/mol. The van der Waals surface area contributed by atoms with E-state index >= 15 is 0 Å². The molecule has 148 valence electrons. The zero-order valence-electron chi connectivity index (χ0n) is 15.8. The molecular weight excluding hydrogens is 380 g/mol. The number of nitrogens with zero attached hydrogens (tertiary/aromatic N) is 4. The quantitative estimate of drug-likeness (QED) is 0.520. The molecule has 0 aliphatic heterocycles. The van der Waals surface area contributed by atoms with E-state index in [0.717, 1.165) is 0 Å². The first kappa shape index (κ1) is 19.0. The van der Waals surface area contributed by atoms with E-state index in [2.05, 4.69) is 26.2 Å². The van der Waals surface area contributed by atoms with Gasteiger partial charge in [0.05, 0.1) is 5.69 Å². The van der Waals surface area contributed by atoms with Gasteiger partial charge in [0.2, 0.25) is 0 Å². The lowest BCUT2D eigenvalue weighted by atomic mass is 10.0. The fraction of sp³-hybridized carbons (Fsp3) is 0.0455. The molecule has 3 aromatic carbocycles. The van der Waals surface area contributed by atoms with Gasteiger partial charge in [0.25, 0.3) is 11.8 Å². The smallest absolute Gasteiger partial charge is 0.252 e. The van der Waals surface area contributed by atoms with Crippen LogP contribution >= 0.6 is 0 Å². The van der Waals surface area contributed by atoms with Crippen LogP contribution in [0, 0.1) is 0 Å². The van der Waals surface area contributed by atoms with Crippen LogP contribution in [0.3, 0.4) is 0 Å². The molecule has 0 saturated carbocycles. The van der Waals surface area contributed by atoms with Crippen LogP contribution in [0.25, 0.3) is 5.69 Å². The summed E-state index contributed by atoms with van der Waals surface area (Å²) in [6.45, 7) is 0. The van der Waals surface area contributed by atoms with Crippen molar-refractivity contribution in [1.82, 2.24) is 25.5 Å². The van der Waals surface area contributed by atoms with E-state index in [1.54, 1.807) is 48.5 Å². The maximum atomic E-state index is 13.0. The zero-order chi connectivity index (χ0) is 20.8. The highest BCUT2D eigenvalue weighted by Crippen LogP contribution is 2.18. The number of para-hydroxylation sites is 1. The Morgan fingerprint density at radius 2 is 1.60 bits per heavy atom. The van der Waals surface area contributed by atoms with Gasteiger partial charge in [0.15, 0.2) is 0 Å². The van der Waals surface area contributed by atoms with Crippen LogP contribution in [0.4, 0.5) is 5.69 Å². The molecule has 0 aliphatic rings. The monoisotopic (exact) mass is 398 g/mol. The normalized spacial score (nSPS) is 11.5. The largest absolute Gasteiger partial charge is 0.336 e. The summed E-state index contributed by atoms with van der Waals surface area (Å²) in [5.74, 6) is -0.723. The Labute approximate surface area is 172 Å². The van der Waals surface area contributed by atoms with Crippen molar-refractivity contribution in [2.24, 2.45) is 0 Å². The molecule has 8 heteroatoms. The van der Waals surface area contributed by atoms with Gasteiger partial charge in [-0.3, -0.25) is 9.59 Å². The molecule has 1 heterocycles. The van der Waals surface area contributed by atoms with Crippen LogP contribution in [0.1, 0.15) is 22.0 Å². The van der Waals surface area contributed by atoms with E-state index in [1.807, 2.05) is 36.4 Å². The van der Waals surface area contributed by atoms with Crippen molar-refractivity contribution in [3.05, 3.63) is 102 Å². The summed E-state index contributed by atoms with van der Waals surface area (Å²) in [6, 6.07) is 24.2. The summed E-state index contributed by atoms with van der Waals surface area (Å²) < 4.78 is 1.45. The van der Waals surface area contributed by atoms with Crippen molar-refractivity contribution < 1.29 is 9.59 Å². The molecule has 4 aromatic rings. The number of carbonyl (C=O) groups is 2. The molecule has 0 saturated heterocycles. The average Bonchev–Trinajstić information content (AvgIpc) is 3.34. The molecule has 0 bridgehead atoms. The Morgan fingerprint density at radius 1 is 0.867 bits per heavy atom. The maximum absolute atomic E-state index is 13.0. The Morgan fingerprint density at radius 3 is 2.30 bits per heavy atom. The number of tetrazole rings is 1. The third-order valence-corrected chi connectivity index (χ3v) is 4.43. The maximum Gasteiger partial charge on any atom is 0.252 e. The van der Waals surface area contributed by atoms with Crippen molar-refractivity contribution in [1.29, 1.82) is 0 Å². The van der Waals surface area contributed by atoms with Crippen LogP contribution in [0.5, 0.6) is 0 Å². The van der Waals surface area contributed by atoms with Gasteiger partial charge in [-0.25, -0.2) is 4.68 Å². The number of nitrogens with one attached hydrogen (secondary N) is 2. The topological polar surface area (TPSA) is 102 Å². The summed E-state index contributed by atoms with van der Waals surface area (Å²) in [5.41, 5.74) is 2.35. The second kappa shape index (κ2) is 8.78. The van der Waals surface area contributed by atoms with Crippen molar-refractivity contribution in [2.45, 2.75) is 6.04 Å². The Kier molecular flexibility index (Phi) is 5.56. The highest BCUT2D eigenvalue weighted by atomic mass is 16.2. The molecule has 2 amide bonds. The number of aromatic nitrogens is 4. The predicted octanol–water partition coefficient (Wildman–Crippen LogP) is 2.77. The molecule has 0 fully saturated rings. The Bertz CT molecular complexity index is 1130. The van der Waals surface area contributed by atoms with Crippen molar-refractivity contribution in [3.63, 3.8) is 0 Å². The molecule has 0 aliphatic carbocycles. The zero-order valence-corrected chi connectivity index (χ0v) is 15.8. The van der Waals surface area contributed by atoms with Crippen molar-refractivity contribution in [2.75, 3.05) is 5.32 Å². The number of anilines is 1. The van der Waals surface area contributed by atoms with Crippen LogP contribution in [0.2, 0.25) is 0 Å². The first-order valence-electron chi connectivity index (χ1n) is 9.26. The molecule has 1 aromatic heterocycles. The molecule has 0 radical (unpaired) electrons. The molecular formula is C22H18N6O2. The lowest BCUT2D eigenvalue weighted by Crippen LogP contribution is -2.37. The number of benzene rings is 3. The summed E-state index contributed by atoms with van der Waals surface area (Å²) in [5, 5.41) is 16.7. The molecule has 0 spiro atoms. The second-order valence-electron chi connectivity index (χ2n) is 6.48. The van der Waals surface area contributed by atoms with Gasteiger partial charge in [-0.2, -0.15) is 0 Å². The number of rotatable bonds is 6. The molecule has 1 unspecified atom stereocenters. The molecule has 8 nitrogen and oxygen atoms in total. The minimum atomic E-state index is -0.865. The second-order valence-corrected chi connectivity index (χ2v) is 6.48. The summed E-state index contributed by atoms with van der Waals surface area (Å²) in [4.78, 5) is 25.9. The number of amides is 2. The molecule has 2 N–H and O–H groups in total. The lowest BCUT2D eigenvalue weighted by molar-refractivity contribution is -0.118. The van der Waals surface area contributed by atoms with Gasteiger partial charge in [-0.1, -0.05) is 54.6 Å². The lowest BCUT2D eigenvalue weighted by Gasteiger charge is -2.19. The van der Waals surface area contributed by atoms with E-state index in [9.17, 15) is 9.59 Å². The van der Waals surface area contributed by atoms with E-state index < -0.39 is 6.04 Å². The highest BCUT2D eigenvalue weighted by Gasteiger charge is 2.23. The van der Waals surface area contributed by atoms with Crippen molar-refractivity contribution in [3.8, 4) is 5.69 Å². The fourth-order valence-corrected chi connectivity index (χ4v) is 2.97. The predicted molar refractivity (Wildman–Crippen MR) is 111 cm³/mol. The van der Waals surface area contributed by atoms with Gasteiger partial charge in [-0.05, 0) is 46.3 Å². The number of hydrogen-bond acceptors (Lipinski definition) is 5. The van der Waals surface area contributed by atoms with Gasteiger partial charge in [0, 0.05) is 11.3 Å². The van der Waals surface area contributed by atoms with Crippen LogP contribution in [-0.4, -0.2) is 32.0 Å². The van der Waals surface area contributed by atoms with Crippen LogP contribution < -0.4 is 10.6 Å². The first-order valence-corrected chi connectivity index (χ1v) is 9.26. The number of hydrogen-bond donors (Lipinski definition) is 2. The van der Waals surface area contributed by atoms with Crippen LogP contribution in [0.15, 0.2) is 91.3 Å². The SMILES string of the molecule is O=C(NC(C(=O)Nc1ccccc1)c1ccccc1)c1cccc(-n2cnnn2)c1. The van der Waals surface area contributed by atoms with Crippen molar-refractivity contribution >= 4 is 17.5 Å². The standard InChI is InChI=1S/C22H18N6O2/c29-21(17-10-7-13-19(14-17)28-15-23-26-27-28)25-20(16-8-3-1-4-9-16)22(30)24-18-11-5-2-6-12-18/h1-15,20H,(H,24,30)(H,25,29). The number of carbonyl (C=O) groups excluding carboxylic acids is 2. The molecule has 30 heavy (non-hydrogen) atoms. The van der Waals surface area contributed by atoms with E-state index in [0.29, 0.717) is 22.5 Å². The third kappa shape index (κ3) is 4.39. The van der Waals surface area contributed by atoms with E-state index in [1.165, 1.54) is 11.0 Å². The summed E-state index contributed by atoms with van der Waals surface area (Å²) >= 11 is 0. The Hall–Kier alpha value is -4.33. The van der Waals surface area contributed by atoms with Gasteiger partial charge < -0.3 is 10.6 Å². The highest BCUT2D eigenvalue weighted by molar-refractivity contribution is 6.01. The first-order chi connectivity index (χ1) is 14.7. The third-order valence-electron chi connectivity index (χ3n) is 4.43. The minimum absolute atomic E-state index is 0.336. The molecule has 4 rings (SSSR count). The van der Waals surface area contributed by atoms with Gasteiger partial charge in [-0.15, -0.1) is 5.10 Å². The van der Waals surface area contributed by atoms with Gasteiger partial charge >= 0.3 is 0 Å². The minimum Gasteiger partial charge on any atom is -0.336 e. The summed E-state index contributed by atoms with van der Waals surface area (Å²) in [6.07, 6.45) is 1.44. The fourth-order valence-electron chi connectivity index (χ4n) is 2.97. The molecule has 1 atom stereocenters.